The maximum Gasteiger partial charge on any atom is 0.163 e. The molecule has 0 aliphatic rings. The molecular weight excluding hydrogens is 200 g/mol. The molecule has 1 aromatic rings. The van der Waals surface area contributed by atoms with E-state index in [4.69, 9.17) is 0 Å². The van der Waals surface area contributed by atoms with Crippen molar-refractivity contribution in [2.45, 2.75) is 11.3 Å². The average molecular weight is 212 g/mol. The zero-order valence-corrected chi connectivity index (χ0v) is 9.20. The van der Waals surface area contributed by atoms with Crippen LogP contribution < -0.4 is 0 Å². The van der Waals surface area contributed by atoms with Gasteiger partial charge in [-0.2, -0.15) is 12.6 Å². The van der Waals surface area contributed by atoms with Crippen molar-refractivity contribution in [3.8, 4) is 0 Å². The molecule has 0 N–H and O–H groups in total. The quantitative estimate of drug-likeness (QED) is 0.469. The van der Waals surface area contributed by atoms with Crippen molar-refractivity contribution in [1.29, 1.82) is 0 Å². The Morgan fingerprint density at radius 2 is 2.00 bits per heavy atom. The topological polar surface area (TPSA) is 17.1 Å². The normalized spacial score (nSPS) is 10.0. The Labute approximate surface area is 88.3 Å². The summed E-state index contributed by atoms with van der Waals surface area (Å²) in [6.45, 7) is 0. The van der Waals surface area contributed by atoms with Crippen LogP contribution in [0.4, 0.5) is 0 Å². The van der Waals surface area contributed by atoms with E-state index in [9.17, 15) is 4.79 Å². The molecular formula is C10H12OS2. The van der Waals surface area contributed by atoms with E-state index in [2.05, 4.69) is 12.6 Å². The lowest BCUT2D eigenvalue weighted by molar-refractivity contribution is 0.0989. The highest BCUT2D eigenvalue weighted by atomic mass is 32.2. The Morgan fingerprint density at radius 3 is 2.46 bits per heavy atom. The molecule has 3 heteroatoms. The number of ketones is 1. The molecule has 70 valence electrons. The minimum Gasteiger partial charge on any atom is -0.294 e. The SMILES string of the molecule is CSc1ccc(C(=O)CCS)cc1. The van der Waals surface area contributed by atoms with Crippen molar-refractivity contribution in [2.75, 3.05) is 12.0 Å². The van der Waals surface area contributed by atoms with Gasteiger partial charge in [-0.15, -0.1) is 11.8 Å². The van der Waals surface area contributed by atoms with Crippen molar-refractivity contribution in [1.82, 2.24) is 0 Å². The molecule has 0 bridgehead atoms. The van der Waals surface area contributed by atoms with E-state index in [-0.39, 0.29) is 5.78 Å². The van der Waals surface area contributed by atoms with Crippen LogP contribution in [0.25, 0.3) is 0 Å². The number of thiol groups is 1. The number of Topliss-reactive ketones (excluding diaryl/α,β-unsaturated/α-hetero) is 1. The molecule has 0 unspecified atom stereocenters. The van der Waals surface area contributed by atoms with Crippen molar-refractivity contribution >= 4 is 30.2 Å². The summed E-state index contributed by atoms with van der Waals surface area (Å²) < 4.78 is 0. The summed E-state index contributed by atoms with van der Waals surface area (Å²) in [5.74, 6) is 0.783. The number of carbonyl (C=O) groups excluding carboxylic acids is 1. The lowest BCUT2D eigenvalue weighted by Gasteiger charge is -1.99. The fourth-order valence-corrected chi connectivity index (χ4v) is 1.63. The molecule has 13 heavy (non-hydrogen) atoms. The number of hydrogen-bond acceptors (Lipinski definition) is 3. The van der Waals surface area contributed by atoms with Crippen LogP contribution in [0.15, 0.2) is 29.2 Å². The maximum absolute atomic E-state index is 11.4. The minimum absolute atomic E-state index is 0.169. The van der Waals surface area contributed by atoms with Gasteiger partial charge in [0.15, 0.2) is 5.78 Å². The molecule has 0 spiro atoms. The summed E-state index contributed by atoms with van der Waals surface area (Å²) in [4.78, 5) is 12.6. The maximum atomic E-state index is 11.4. The van der Waals surface area contributed by atoms with Gasteiger partial charge in [0.05, 0.1) is 0 Å². The predicted molar refractivity (Wildman–Crippen MR) is 61.0 cm³/mol. The molecule has 0 heterocycles. The summed E-state index contributed by atoms with van der Waals surface area (Å²) in [5, 5.41) is 0. The fraction of sp³-hybridized carbons (Fsp3) is 0.300. The summed E-state index contributed by atoms with van der Waals surface area (Å²) in [6.07, 6.45) is 2.53. The molecule has 1 aromatic carbocycles. The Bertz CT molecular complexity index is 279. The van der Waals surface area contributed by atoms with Crippen molar-refractivity contribution in [2.24, 2.45) is 0 Å². The molecule has 0 fully saturated rings. The van der Waals surface area contributed by atoms with E-state index in [1.54, 1.807) is 11.8 Å². The first-order valence-corrected chi connectivity index (χ1v) is 5.91. The Balaban J connectivity index is 2.74. The third-order valence-corrected chi connectivity index (χ3v) is 2.72. The lowest BCUT2D eigenvalue weighted by atomic mass is 10.1. The number of hydrogen-bond donors (Lipinski definition) is 1. The van der Waals surface area contributed by atoms with Crippen molar-refractivity contribution in [3.05, 3.63) is 29.8 Å². The summed E-state index contributed by atoms with van der Waals surface area (Å²) in [6, 6.07) is 7.68. The van der Waals surface area contributed by atoms with Crippen LogP contribution in [0.1, 0.15) is 16.8 Å². The monoisotopic (exact) mass is 212 g/mol. The summed E-state index contributed by atoms with van der Waals surface area (Å²) >= 11 is 5.70. The van der Waals surface area contributed by atoms with Crippen LogP contribution in [0.2, 0.25) is 0 Å². The Morgan fingerprint density at radius 1 is 1.38 bits per heavy atom. The fourth-order valence-electron chi connectivity index (χ4n) is 1.02. The minimum atomic E-state index is 0.169. The molecule has 0 amide bonds. The zero-order valence-electron chi connectivity index (χ0n) is 7.49. The van der Waals surface area contributed by atoms with Crippen molar-refractivity contribution < 1.29 is 4.79 Å². The highest BCUT2D eigenvalue weighted by Gasteiger charge is 2.03. The number of rotatable bonds is 4. The second kappa shape index (κ2) is 5.35. The van der Waals surface area contributed by atoms with Crippen LogP contribution in [-0.4, -0.2) is 17.8 Å². The average Bonchev–Trinajstić information content (AvgIpc) is 2.18. The van der Waals surface area contributed by atoms with Gasteiger partial charge in [-0.1, -0.05) is 12.1 Å². The Kier molecular flexibility index (Phi) is 4.39. The predicted octanol–water partition coefficient (Wildman–Crippen LogP) is 2.91. The van der Waals surface area contributed by atoms with Gasteiger partial charge in [-0.25, -0.2) is 0 Å². The zero-order chi connectivity index (χ0) is 9.68. The number of benzene rings is 1. The highest BCUT2D eigenvalue weighted by molar-refractivity contribution is 7.98. The van der Waals surface area contributed by atoms with Gasteiger partial charge in [0.1, 0.15) is 0 Å². The standard InChI is InChI=1S/C10H12OS2/c1-13-9-4-2-8(3-5-9)10(11)6-7-12/h2-5,12H,6-7H2,1H3. The summed E-state index contributed by atoms with van der Waals surface area (Å²) in [7, 11) is 0. The van der Waals surface area contributed by atoms with E-state index in [0.717, 1.165) is 5.56 Å². The van der Waals surface area contributed by atoms with Gasteiger partial charge in [0, 0.05) is 16.9 Å². The van der Waals surface area contributed by atoms with Crippen LogP contribution in [0.5, 0.6) is 0 Å². The largest absolute Gasteiger partial charge is 0.294 e. The molecule has 1 rings (SSSR count). The first kappa shape index (κ1) is 10.7. The first-order chi connectivity index (χ1) is 6.27. The molecule has 0 aliphatic carbocycles. The third kappa shape index (κ3) is 3.08. The van der Waals surface area contributed by atoms with E-state index < -0.39 is 0 Å². The van der Waals surface area contributed by atoms with E-state index in [1.165, 1.54) is 4.90 Å². The van der Waals surface area contributed by atoms with Gasteiger partial charge >= 0.3 is 0 Å². The highest BCUT2D eigenvalue weighted by Crippen LogP contribution is 2.15. The van der Waals surface area contributed by atoms with Gasteiger partial charge in [-0.05, 0) is 24.1 Å². The van der Waals surface area contributed by atoms with Gasteiger partial charge in [0.25, 0.3) is 0 Å². The molecule has 1 nitrogen and oxygen atoms in total. The van der Waals surface area contributed by atoms with Crippen LogP contribution in [-0.2, 0) is 0 Å². The second-order valence-electron chi connectivity index (χ2n) is 2.63. The molecule has 0 saturated carbocycles. The lowest BCUT2D eigenvalue weighted by Crippen LogP contribution is -1.98. The molecule has 0 atom stereocenters. The van der Waals surface area contributed by atoms with E-state index in [0.29, 0.717) is 12.2 Å². The van der Waals surface area contributed by atoms with Crippen LogP contribution in [0.3, 0.4) is 0 Å². The molecule has 0 radical (unpaired) electrons. The molecule has 0 aliphatic heterocycles. The first-order valence-electron chi connectivity index (χ1n) is 4.06. The molecule has 0 saturated heterocycles. The summed E-state index contributed by atoms with van der Waals surface area (Å²) in [5.41, 5.74) is 0.784. The smallest absolute Gasteiger partial charge is 0.163 e. The van der Waals surface area contributed by atoms with E-state index >= 15 is 0 Å². The number of carbonyl (C=O) groups is 1. The third-order valence-electron chi connectivity index (χ3n) is 1.75. The van der Waals surface area contributed by atoms with Crippen LogP contribution >= 0.6 is 24.4 Å². The number of thioether (sulfide) groups is 1. The second-order valence-corrected chi connectivity index (χ2v) is 3.95. The molecule has 0 aromatic heterocycles. The van der Waals surface area contributed by atoms with Gasteiger partial charge < -0.3 is 0 Å². The van der Waals surface area contributed by atoms with E-state index in [1.807, 2.05) is 30.5 Å². The Hall–Kier alpha value is -0.410. The van der Waals surface area contributed by atoms with Crippen LogP contribution in [0, 0.1) is 0 Å². The van der Waals surface area contributed by atoms with Crippen molar-refractivity contribution in [3.63, 3.8) is 0 Å². The van der Waals surface area contributed by atoms with Gasteiger partial charge in [-0.3, -0.25) is 4.79 Å². The van der Waals surface area contributed by atoms with Gasteiger partial charge in [0.2, 0.25) is 0 Å².